The van der Waals surface area contributed by atoms with Gasteiger partial charge in [-0.2, -0.15) is 0 Å². The molecule has 1 aromatic rings. The van der Waals surface area contributed by atoms with Gasteiger partial charge in [-0.3, -0.25) is 19.5 Å². The Hall–Kier alpha value is -1.75. The maximum absolute atomic E-state index is 12.0. The lowest BCUT2D eigenvalue weighted by Crippen LogP contribution is -2.51. The van der Waals surface area contributed by atoms with Crippen molar-refractivity contribution >= 4 is 17.4 Å². The molecule has 2 heterocycles. The third-order valence-electron chi connectivity index (χ3n) is 2.95. The normalized spacial score (nSPS) is 17.0. The summed E-state index contributed by atoms with van der Waals surface area (Å²) in [5, 5.41) is 0. The standard InChI is InChI=1S/C13H17N3O2/c1-10-3-4-12(7-14-10)16-6-5-15(8-11(2)17)9-13(16)18/h3-4,7H,5-6,8-9H2,1-2H3. The van der Waals surface area contributed by atoms with Gasteiger partial charge in [-0.05, 0) is 26.0 Å². The number of hydrogen-bond acceptors (Lipinski definition) is 4. The minimum Gasteiger partial charge on any atom is -0.308 e. The number of hydrogen-bond donors (Lipinski definition) is 0. The van der Waals surface area contributed by atoms with Crippen molar-refractivity contribution in [2.24, 2.45) is 0 Å². The van der Waals surface area contributed by atoms with E-state index in [1.165, 1.54) is 0 Å². The molecule has 2 rings (SSSR count). The number of rotatable bonds is 3. The maximum Gasteiger partial charge on any atom is 0.241 e. The number of nitrogens with zero attached hydrogens (tertiary/aromatic N) is 3. The predicted octanol–water partition coefficient (Wildman–Crippen LogP) is 0.628. The first-order chi connectivity index (χ1) is 8.56. The molecule has 0 radical (unpaired) electrons. The molecule has 5 nitrogen and oxygen atoms in total. The highest BCUT2D eigenvalue weighted by Gasteiger charge is 2.25. The number of amides is 1. The molecule has 18 heavy (non-hydrogen) atoms. The number of aryl methyl sites for hydroxylation is 1. The molecule has 0 spiro atoms. The van der Waals surface area contributed by atoms with Crippen molar-refractivity contribution in [2.75, 3.05) is 31.1 Å². The second kappa shape index (κ2) is 5.27. The van der Waals surface area contributed by atoms with Gasteiger partial charge in [-0.15, -0.1) is 0 Å². The van der Waals surface area contributed by atoms with Crippen molar-refractivity contribution in [1.82, 2.24) is 9.88 Å². The smallest absolute Gasteiger partial charge is 0.241 e. The fraction of sp³-hybridized carbons (Fsp3) is 0.462. The van der Waals surface area contributed by atoms with Crippen LogP contribution in [-0.2, 0) is 9.59 Å². The fourth-order valence-corrected chi connectivity index (χ4v) is 2.06. The summed E-state index contributed by atoms with van der Waals surface area (Å²) in [6, 6.07) is 3.80. The lowest BCUT2D eigenvalue weighted by Gasteiger charge is -2.33. The van der Waals surface area contributed by atoms with Gasteiger partial charge in [0.1, 0.15) is 5.78 Å². The number of pyridine rings is 1. The molecule has 0 aliphatic carbocycles. The minimum atomic E-state index is 0.0214. The van der Waals surface area contributed by atoms with E-state index in [1.807, 2.05) is 24.0 Å². The second-order valence-electron chi connectivity index (χ2n) is 4.62. The molecule has 1 aromatic heterocycles. The van der Waals surface area contributed by atoms with Crippen molar-refractivity contribution < 1.29 is 9.59 Å². The van der Waals surface area contributed by atoms with Crippen LogP contribution < -0.4 is 4.90 Å². The quantitative estimate of drug-likeness (QED) is 0.786. The molecule has 1 fully saturated rings. The van der Waals surface area contributed by atoms with Crippen LogP contribution in [0.4, 0.5) is 5.69 Å². The number of ketones is 1. The molecule has 0 saturated carbocycles. The highest BCUT2D eigenvalue weighted by molar-refractivity contribution is 5.95. The molecule has 0 aromatic carbocycles. The molecule has 0 N–H and O–H groups in total. The molecular formula is C13H17N3O2. The first-order valence-corrected chi connectivity index (χ1v) is 6.01. The Morgan fingerprint density at radius 3 is 2.72 bits per heavy atom. The molecule has 0 unspecified atom stereocenters. The monoisotopic (exact) mass is 247 g/mol. The van der Waals surface area contributed by atoms with Gasteiger partial charge in [-0.1, -0.05) is 0 Å². The van der Waals surface area contributed by atoms with Crippen LogP contribution in [-0.4, -0.2) is 47.8 Å². The van der Waals surface area contributed by atoms with E-state index in [0.717, 1.165) is 17.9 Å². The molecule has 1 aliphatic heterocycles. The maximum atomic E-state index is 12.0. The number of carbonyl (C=O) groups excluding carboxylic acids is 2. The summed E-state index contributed by atoms with van der Waals surface area (Å²) >= 11 is 0. The number of aromatic nitrogens is 1. The van der Waals surface area contributed by atoms with E-state index in [0.29, 0.717) is 19.6 Å². The molecule has 1 saturated heterocycles. The van der Waals surface area contributed by atoms with Crippen molar-refractivity contribution in [2.45, 2.75) is 13.8 Å². The van der Waals surface area contributed by atoms with Gasteiger partial charge in [0, 0.05) is 18.8 Å². The zero-order chi connectivity index (χ0) is 13.1. The lowest BCUT2D eigenvalue weighted by molar-refractivity contribution is -0.123. The summed E-state index contributed by atoms with van der Waals surface area (Å²) in [6.07, 6.45) is 1.72. The summed E-state index contributed by atoms with van der Waals surface area (Å²) in [6.45, 7) is 5.44. The molecular weight excluding hydrogens is 230 g/mol. The number of anilines is 1. The van der Waals surface area contributed by atoms with Crippen molar-refractivity contribution in [3.63, 3.8) is 0 Å². The Labute approximate surface area is 106 Å². The van der Waals surface area contributed by atoms with Crippen LogP contribution in [0.2, 0.25) is 0 Å². The van der Waals surface area contributed by atoms with Gasteiger partial charge in [0.05, 0.1) is 25.0 Å². The first-order valence-electron chi connectivity index (χ1n) is 6.01. The van der Waals surface area contributed by atoms with Crippen LogP contribution >= 0.6 is 0 Å². The number of Topliss-reactive ketones (excluding diaryl/α,β-unsaturated/α-hetero) is 1. The first kappa shape index (κ1) is 12.7. The molecule has 1 amide bonds. The Morgan fingerprint density at radius 1 is 1.39 bits per heavy atom. The summed E-state index contributed by atoms with van der Waals surface area (Å²) in [5.74, 6) is 0.112. The molecule has 0 bridgehead atoms. The average Bonchev–Trinajstić information content (AvgIpc) is 2.30. The highest BCUT2D eigenvalue weighted by Crippen LogP contribution is 2.16. The predicted molar refractivity (Wildman–Crippen MR) is 68.4 cm³/mol. The Morgan fingerprint density at radius 2 is 2.17 bits per heavy atom. The van der Waals surface area contributed by atoms with E-state index in [2.05, 4.69) is 4.98 Å². The topological polar surface area (TPSA) is 53.5 Å². The average molecular weight is 247 g/mol. The zero-order valence-electron chi connectivity index (χ0n) is 10.7. The summed E-state index contributed by atoms with van der Waals surface area (Å²) in [5.41, 5.74) is 1.76. The number of piperazine rings is 1. The van der Waals surface area contributed by atoms with Crippen LogP contribution in [0.15, 0.2) is 18.3 Å². The van der Waals surface area contributed by atoms with E-state index in [1.54, 1.807) is 18.0 Å². The van der Waals surface area contributed by atoms with Crippen LogP contribution in [0, 0.1) is 6.92 Å². The fourth-order valence-electron chi connectivity index (χ4n) is 2.06. The van der Waals surface area contributed by atoms with E-state index in [-0.39, 0.29) is 11.7 Å². The number of carbonyl (C=O) groups is 2. The third kappa shape index (κ3) is 2.92. The molecule has 5 heteroatoms. The largest absolute Gasteiger partial charge is 0.308 e. The van der Waals surface area contributed by atoms with Gasteiger partial charge in [0.25, 0.3) is 0 Å². The minimum absolute atomic E-state index is 0.0214. The summed E-state index contributed by atoms with van der Waals surface area (Å²) in [7, 11) is 0. The van der Waals surface area contributed by atoms with Gasteiger partial charge >= 0.3 is 0 Å². The van der Waals surface area contributed by atoms with Crippen molar-refractivity contribution in [1.29, 1.82) is 0 Å². The van der Waals surface area contributed by atoms with Crippen LogP contribution in [0.1, 0.15) is 12.6 Å². The van der Waals surface area contributed by atoms with Crippen molar-refractivity contribution in [3.8, 4) is 0 Å². The Kier molecular flexibility index (Phi) is 3.72. The molecule has 0 atom stereocenters. The van der Waals surface area contributed by atoms with Gasteiger partial charge < -0.3 is 4.90 Å². The van der Waals surface area contributed by atoms with Gasteiger partial charge in [0.2, 0.25) is 5.91 Å². The van der Waals surface area contributed by atoms with E-state index >= 15 is 0 Å². The van der Waals surface area contributed by atoms with E-state index < -0.39 is 0 Å². The van der Waals surface area contributed by atoms with E-state index in [9.17, 15) is 9.59 Å². The Balaban J connectivity index is 2.03. The molecule has 1 aliphatic rings. The Bertz CT molecular complexity index is 456. The van der Waals surface area contributed by atoms with Gasteiger partial charge in [0.15, 0.2) is 0 Å². The highest BCUT2D eigenvalue weighted by atomic mass is 16.2. The lowest BCUT2D eigenvalue weighted by atomic mass is 10.2. The van der Waals surface area contributed by atoms with Crippen LogP contribution in [0.25, 0.3) is 0 Å². The van der Waals surface area contributed by atoms with Crippen LogP contribution in [0.5, 0.6) is 0 Å². The summed E-state index contributed by atoms with van der Waals surface area (Å²) in [4.78, 5) is 30.8. The van der Waals surface area contributed by atoms with Crippen LogP contribution in [0.3, 0.4) is 0 Å². The van der Waals surface area contributed by atoms with Gasteiger partial charge in [-0.25, -0.2) is 0 Å². The SMILES string of the molecule is CC(=O)CN1CCN(c2ccc(C)nc2)C(=O)C1. The third-order valence-corrected chi connectivity index (χ3v) is 2.95. The van der Waals surface area contributed by atoms with E-state index in [4.69, 9.17) is 0 Å². The summed E-state index contributed by atoms with van der Waals surface area (Å²) < 4.78 is 0. The molecule has 96 valence electrons. The zero-order valence-corrected chi connectivity index (χ0v) is 10.7. The second-order valence-corrected chi connectivity index (χ2v) is 4.62. The van der Waals surface area contributed by atoms with Crippen molar-refractivity contribution in [3.05, 3.63) is 24.0 Å².